The van der Waals surface area contributed by atoms with Crippen molar-refractivity contribution in [1.29, 1.82) is 0 Å². The van der Waals surface area contributed by atoms with E-state index in [0.29, 0.717) is 24.3 Å². The maximum Gasteiger partial charge on any atom is 0.408 e. The summed E-state index contributed by atoms with van der Waals surface area (Å²) >= 11 is 5.95. The van der Waals surface area contributed by atoms with Gasteiger partial charge in [0.25, 0.3) is 0 Å². The number of rotatable bonds is 19. The fraction of sp³-hybridized carbons (Fsp3) is 0.483. The maximum atomic E-state index is 13.2. The van der Waals surface area contributed by atoms with Gasteiger partial charge in [0, 0.05) is 11.6 Å². The van der Waals surface area contributed by atoms with Crippen LogP contribution in [0.5, 0.6) is 0 Å². The van der Waals surface area contributed by atoms with Gasteiger partial charge in [-0.05, 0) is 62.8 Å². The fourth-order valence-electron chi connectivity index (χ4n) is 4.00. The van der Waals surface area contributed by atoms with E-state index in [-0.39, 0.29) is 45.6 Å². The average molecular weight is 626 g/mol. The highest BCUT2D eigenvalue weighted by atomic mass is 35.5. The van der Waals surface area contributed by atoms with Gasteiger partial charge in [0.2, 0.25) is 11.8 Å². The molecule has 0 saturated heterocycles. The second kappa shape index (κ2) is 19.3. The van der Waals surface area contributed by atoms with Crippen LogP contribution in [0.25, 0.3) is 0 Å². The summed E-state index contributed by atoms with van der Waals surface area (Å²) in [7, 11) is -3.50. The summed E-state index contributed by atoms with van der Waals surface area (Å²) in [5.74, 6) is -0.941. The van der Waals surface area contributed by atoms with E-state index in [9.17, 15) is 24.1 Å². The number of amides is 3. The Morgan fingerprint density at radius 1 is 0.929 bits per heavy atom. The quantitative estimate of drug-likeness (QED) is 0.134. The van der Waals surface area contributed by atoms with E-state index in [0.717, 1.165) is 11.1 Å². The van der Waals surface area contributed by atoms with Gasteiger partial charge in [0.15, 0.2) is 0 Å². The van der Waals surface area contributed by atoms with Crippen LogP contribution in [0.1, 0.15) is 44.2 Å². The van der Waals surface area contributed by atoms with Gasteiger partial charge in [-0.25, -0.2) is 4.79 Å². The number of aliphatic hydroxyl groups is 1. The van der Waals surface area contributed by atoms with Crippen molar-refractivity contribution < 1.29 is 37.8 Å². The van der Waals surface area contributed by atoms with Crippen molar-refractivity contribution in [2.45, 2.75) is 58.2 Å². The van der Waals surface area contributed by atoms with Gasteiger partial charge >= 0.3 is 13.7 Å². The van der Waals surface area contributed by atoms with E-state index >= 15 is 0 Å². The lowest BCUT2D eigenvalue weighted by Crippen LogP contribution is -2.51. The first-order valence-electron chi connectivity index (χ1n) is 14.0. The lowest BCUT2D eigenvalue weighted by Gasteiger charge is -2.22. The number of hydrogen-bond acceptors (Lipinski definition) is 8. The molecular formula is C29H41ClN3O8P. The summed E-state index contributed by atoms with van der Waals surface area (Å²) in [6.07, 6.45) is 0.421. The first kappa shape index (κ1) is 35.2. The van der Waals surface area contributed by atoms with Gasteiger partial charge in [-0.15, -0.1) is 0 Å². The molecule has 2 atom stereocenters. The molecule has 2 aromatic carbocycles. The minimum absolute atomic E-state index is 0.0379. The molecule has 232 valence electrons. The molecule has 0 saturated carbocycles. The minimum atomic E-state index is -3.50. The lowest BCUT2D eigenvalue weighted by atomic mass is 10.0. The fourth-order valence-corrected chi connectivity index (χ4v) is 5.63. The lowest BCUT2D eigenvalue weighted by molar-refractivity contribution is -0.124. The van der Waals surface area contributed by atoms with Crippen molar-refractivity contribution in [1.82, 2.24) is 16.0 Å². The molecule has 0 radical (unpaired) electrons. The van der Waals surface area contributed by atoms with Crippen molar-refractivity contribution >= 4 is 37.1 Å². The first-order chi connectivity index (χ1) is 20.2. The van der Waals surface area contributed by atoms with Crippen LogP contribution in [0, 0.1) is 0 Å². The third-order valence-corrected chi connectivity index (χ3v) is 8.24. The highest BCUT2D eigenvalue weighted by Gasteiger charge is 2.27. The largest absolute Gasteiger partial charge is 0.445 e. The average Bonchev–Trinajstić information content (AvgIpc) is 2.96. The van der Waals surface area contributed by atoms with Crippen LogP contribution >= 0.6 is 19.2 Å². The SMILES string of the molecule is CCOP(=O)(CC(=O)NCCCCC(NC(=O)OCc1ccccc1)C(=O)N[C@H](CO)Cc1ccc(Cl)cc1)OCC. The zero-order chi connectivity index (χ0) is 30.8. The summed E-state index contributed by atoms with van der Waals surface area (Å²) in [5, 5.41) is 18.6. The molecule has 0 aliphatic heterocycles. The second-order valence-corrected chi connectivity index (χ2v) is 11.9. The zero-order valence-electron chi connectivity index (χ0n) is 24.1. The molecule has 11 nitrogen and oxygen atoms in total. The van der Waals surface area contributed by atoms with Crippen molar-refractivity contribution in [3.63, 3.8) is 0 Å². The highest BCUT2D eigenvalue weighted by Crippen LogP contribution is 2.47. The van der Waals surface area contributed by atoms with Gasteiger partial charge < -0.3 is 34.8 Å². The number of nitrogens with one attached hydrogen (secondary N) is 3. The predicted octanol–water partition coefficient (Wildman–Crippen LogP) is 4.21. The topological polar surface area (TPSA) is 152 Å². The van der Waals surface area contributed by atoms with E-state index in [1.165, 1.54) is 0 Å². The van der Waals surface area contributed by atoms with Crippen LogP contribution in [0.4, 0.5) is 4.79 Å². The molecule has 4 N–H and O–H groups in total. The summed E-state index contributed by atoms with van der Waals surface area (Å²) in [5.41, 5.74) is 1.67. The van der Waals surface area contributed by atoms with Crippen molar-refractivity contribution in [3.8, 4) is 0 Å². The molecule has 0 aliphatic rings. The van der Waals surface area contributed by atoms with Gasteiger partial charge in [-0.3, -0.25) is 14.2 Å². The molecule has 3 amide bonds. The molecule has 0 heterocycles. The smallest absolute Gasteiger partial charge is 0.408 e. The summed E-state index contributed by atoms with van der Waals surface area (Å²) < 4.78 is 28.1. The third-order valence-electron chi connectivity index (χ3n) is 6.01. The van der Waals surface area contributed by atoms with Gasteiger partial charge in [-0.1, -0.05) is 54.1 Å². The van der Waals surface area contributed by atoms with Crippen LogP contribution in [-0.4, -0.2) is 67.6 Å². The molecule has 2 aromatic rings. The number of carbonyl (C=O) groups is 3. The monoisotopic (exact) mass is 625 g/mol. The number of ether oxygens (including phenoxy) is 1. The number of benzene rings is 2. The Kier molecular flexibility index (Phi) is 16.2. The summed E-state index contributed by atoms with van der Waals surface area (Å²) in [4.78, 5) is 38.0. The number of aliphatic hydroxyl groups excluding tert-OH is 1. The molecule has 13 heteroatoms. The maximum absolute atomic E-state index is 13.2. The number of halogens is 1. The van der Waals surface area contributed by atoms with E-state index in [2.05, 4.69) is 16.0 Å². The van der Waals surface area contributed by atoms with Gasteiger partial charge in [-0.2, -0.15) is 0 Å². The number of carbonyl (C=O) groups excluding carboxylic acids is 3. The molecule has 42 heavy (non-hydrogen) atoms. The van der Waals surface area contributed by atoms with Crippen LogP contribution < -0.4 is 16.0 Å². The van der Waals surface area contributed by atoms with E-state index in [1.54, 1.807) is 26.0 Å². The minimum Gasteiger partial charge on any atom is -0.445 e. The van der Waals surface area contributed by atoms with E-state index in [4.69, 9.17) is 25.4 Å². The predicted molar refractivity (Wildman–Crippen MR) is 160 cm³/mol. The normalized spacial score (nSPS) is 12.7. The van der Waals surface area contributed by atoms with Crippen LogP contribution in [0.2, 0.25) is 5.02 Å². The van der Waals surface area contributed by atoms with Crippen LogP contribution in [-0.2, 0) is 41.0 Å². The van der Waals surface area contributed by atoms with Gasteiger partial charge in [0.05, 0.1) is 25.9 Å². The zero-order valence-corrected chi connectivity index (χ0v) is 25.7. The molecule has 0 bridgehead atoms. The molecule has 1 unspecified atom stereocenters. The van der Waals surface area contributed by atoms with Crippen molar-refractivity contribution in [3.05, 3.63) is 70.7 Å². The Morgan fingerprint density at radius 2 is 1.60 bits per heavy atom. The number of alkyl carbamates (subject to hydrolysis) is 1. The third kappa shape index (κ3) is 13.8. The second-order valence-electron chi connectivity index (χ2n) is 9.43. The molecule has 0 spiro atoms. The van der Waals surface area contributed by atoms with Gasteiger partial charge in [0.1, 0.15) is 18.8 Å². The first-order valence-corrected chi connectivity index (χ1v) is 16.1. The number of unbranched alkanes of at least 4 members (excludes halogenated alkanes) is 1. The summed E-state index contributed by atoms with van der Waals surface area (Å²) in [6.45, 7) is 3.65. The number of hydrogen-bond donors (Lipinski definition) is 4. The molecule has 0 aromatic heterocycles. The molecule has 2 rings (SSSR count). The van der Waals surface area contributed by atoms with Crippen molar-refractivity contribution in [2.24, 2.45) is 0 Å². The Labute approximate surface area is 252 Å². The highest BCUT2D eigenvalue weighted by molar-refractivity contribution is 7.54. The Hall–Kier alpha value is -2.95. The Balaban J connectivity index is 1.93. The molecule has 0 aliphatic carbocycles. The van der Waals surface area contributed by atoms with Crippen molar-refractivity contribution in [2.75, 3.05) is 32.5 Å². The molecule has 0 fully saturated rings. The van der Waals surface area contributed by atoms with E-state index in [1.807, 2.05) is 42.5 Å². The Bertz CT molecular complexity index is 1140. The molecular weight excluding hydrogens is 585 g/mol. The van der Waals surface area contributed by atoms with E-state index < -0.39 is 37.6 Å². The standard InChI is InChI=1S/C29H41ClN3O8P/c1-3-40-42(38,41-4-2)21-27(35)31-17-9-8-12-26(33-29(37)39-20-23-10-6-5-7-11-23)28(36)32-25(19-34)18-22-13-15-24(30)16-14-22/h5-7,10-11,13-16,25-26,34H,3-4,8-9,12,17-21H2,1-2H3,(H,31,35)(H,32,36)(H,33,37)/t25-,26?/m0/s1. The summed E-state index contributed by atoms with van der Waals surface area (Å²) in [6, 6.07) is 14.7. The Morgan fingerprint density at radius 3 is 2.21 bits per heavy atom. The van der Waals surface area contributed by atoms with Crippen LogP contribution in [0.3, 0.4) is 0 Å². The van der Waals surface area contributed by atoms with Crippen LogP contribution in [0.15, 0.2) is 54.6 Å².